The summed E-state index contributed by atoms with van der Waals surface area (Å²) in [7, 11) is 0. The molecule has 0 bridgehead atoms. The molecule has 3 rings (SSSR count). The molecule has 1 aliphatic heterocycles. The first kappa shape index (κ1) is 16.2. The van der Waals surface area contributed by atoms with E-state index >= 15 is 0 Å². The lowest BCUT2D eigenvalue weighted by Gasteiger charge is -2.17. The number of Topliss-reactive ketones (excluding diaryl/α,β-unsaturated/α-hetero) is 1. The number of nitrogens with zero attached hydrogens (tertiary/aromatic N) is 1. The third-order valence-corrected chi connectivity index (χ3v) is 4.33. The lowest BCUT2D eigenvalue weighted by Crippen LogP contribution is -2.18. The van der Waals surface area contributed by atoms with Gasteiger partial charge in [-0.15, -0.1) is 0 Å². The normalized spacial score (nSPS) is 13.8. The molecule has 2 aromatic carbocycles. The highest BCUT2D eigenvalue weighted by Gasteiger charge is 2.12. The van der Waals surface area contributed by atoms with Gasteiger partial charge in [0.15, 0.2) is 5.78 Å². The Balaban J connectivity index is 1.60. The predicted octanol–water partition coefficient (Wildman–Crippen LogP) is 3.67. The molecule has 4 heteroatoms. The molecule has 2 aromatic rings. The van der Waals surface area contributed by atoms with Crippen LogP contribution in [0.5, 0.6) is 0 Å². The zero-order valence-corrected chi connectivity index (χ0v) is 13.9. The Kier molecular flexibility index (Phi) is 4.94. The van der Waals surface area contributed by atoms with Crippen LogP contribution in [0.15, 0.2) is 48.5 Å². The number of hydrogen-bond acceptors (Lipinski definition) is 3. The fourth-order valence-corrected chi connectivity index (χ4v) is 3.01. The van der Waals surface area contributed by atoms with Gasteiger partial charge in [-0.2, -0.15) is 0 Å². The van der Waals surface area contributed by atoms with Gasteiger partial charge in [-0.3, -0.25) is 9.59 Å². The van der Waals surface area contributed by atoms with Crippen LogP contribution in [0.1, 0.15) is 35.7 Å². The molecule has 4 nitrogen and oxygen atoms in total. The van der Waals surface area contributed by atoms with Crippen LogP contribution in [0.2, 0.25) is 0 Å². The smallest absolute Gasteiger partial charge is 0.228 e. The van der Waals surface area contributed by atoms with Gasteiger partial charge in [-0.1, -0.05) is 24.3 Å². The Morgan fingerprint density at radius 3 is 2.42 bits per heavy atom. The minimum absolute atomic E-state index is 0.0106. The fourth-order valence-electron chi connectivity index (χ4n) is 3.01. The molecule has 124 valence electrons. The van der Waals surface area contributed by atoms with E-state index in [4.69, 9.17) is 0 Å². The van der Waals surface area contributed by atoms with Crippen LogP contribution < -0.4 is 10.2 Å². The molecule has 1 aliphatic rings. The molecule has 0 aromatic heterocycles. The van der Waals surface area contributed by atoms with Gasteiger partial charge in [-0.25, -0.2) is 0 Å². The van der Waals surface area contributed by atoms with Crippen molar-refractivity contribution in [3.63, 3.8) is 0 Å². The van der Waals surface area contributed by atoms with Crippen molar-refractivity contribution in [3.8, 4) is 0 Å². The first-order chi connectivity index (χ1) is 11.6. The summed E-state index contributed by atoms with van der Waals surface area (Å²) >= 11 is 0. The number of amides is 1. The predicted molar refractivity (Wildman–Crippen MR) is 96.7 cm³/mol. The average molecular weight is 322 g/mol. The first-order valence-corrected chi connectivity index (χ1v) is 8.36. The summed E-state index contributed by atoms with van der Waals surface area (Å²) in [5.74, 6) is -0.0896. The second kappa shape index (κ2) is 7.30. The van der Waals surface area contributed by atoms with Crippen molar-refractivity contribution in [2.45, 2.75) is 26.2 Å². The van der Waals surface area contributed by atoms with Crippen LogP contribution in [0, 0.1) is 0 Å². The van der Waals surface area contributed by atoms with Crippen molar-refractivity contribution in [1.29, 1.82) is 0 Å². The van der Waals surface area contributed by atoms with E-state index in [-0.39, 0.29) is 11.7 Å². The Morgan fingerprint density at radius 2 is 1.75 bits per heavy atom. The van der Waals surface area contributed by atoms with Gasteiger partial charge in [0.2, 0.25) is 5.91 Å². The Morgan fingerprint density at radius 1 is 1.04 bits per heavy atom. The standard InChI is InChI=1S/C20H22N2O2/c1-15(23)17-5-4-6-18(14-17)21-20(24)13-16-7-9-19(10-8-16)22-11-2-3-12-22/h4-10,14H,2-3,11-13H2,1H3,(H,21,24). The highest BCUT2D eigenvalue weighted by atomic mass is 16.1. The molecule has 0 aliphatic carbocycles. The van der Waals surface area contributed by atoms with Crippen molar-refractivity contribution in [2.75, 3.05) is 23.3 Å². The SMILES string of the molecule is CC(=O)c1cccc(NC(=O)Cc2ccc(N3CCCC3)cc2)c1. The van der Waals surface area contributed by atoms with Crippen molar-refractivity contribution in [2.24, 2.45) is 0 Å². The highest BCUT2D eigenvalue weighted by molar-refractivity contribution is 5.97. The van der Waals surface area contributed by atoms with E-state index in [1.54, 1.807) is 24.3 Å². The molecular weight excluding hydrogens is 300 g/mol. The molecule has 24 heavy (non-hydrogen) atoms. The molecule has 0 radical (unpaired) electrons. The third-order valence-electron chi connectivity index (χ3n) is 4.33. The number of carbonyl (C=O) groups is 2. The second-order valence-corrected chi connectivity index (χ2v) is 6.22. The minimum atomic E-state index is -0.0791. The van der Waals surface area contributed by atoms with Gasteiger partial charge in [0.25, 0.3) is 0 Å². The molecule has 0 unspecified atom stereocenters. The quantitative estimate of drug-likeness (QED) is 0.855. The molecule has 1 saturated heterocycles. The van der Waals surface area contributed by atoms with Gasteiger partial charge < -0.3 is 10.2 Å². The zero-order chi connectivity index (χ0) is 16.9. The van der Waals surface area contributed by atoms with Crippen LogP contribution >= 0.6 is 0 Å². The average Bonchev–Trinajstić information content (AvgIpc) is 3.10. The summed E-state index contributed by atoms with van der Waals surface area (Å²) < 4.78 is 0. The van der Waals surface area contributed by atoms with E-state index in [0.29, 0.717) is 17.7 Å². The largest absolute Gasteiger partial charge is 0.372 e. The van der Waals surface area contributed by atoms with Crippen molar-refractivity contribution < 1.29 is 9.59 Å². The van der Waals surface area contributed by atoms with Crippen molar-refractivity contribution >= 4 is 23.1 Å². The van der Waals surface area contributed by atoms with Crippen molar-refractivity contribution in [1.82, 2.24) is 0 Å². The molecule has 1 heterocycles. The summed E-state index contributed by atoms with van der Waals surface area (Å²) in [4.78, 5) is 26.0. The Labute approximate surface area is 142 Å². The summed E-state index contributed by atoms with van der Waals surface area (Å²) in [5, 5.41) is 2.85. The number of anilines is 2. The molecule has 0 saturated carbocycles. The third kappa shape index (κ3) is 4.02. The van der Waals surface area contributed by atoms with E-state index in [2.05, 4.69) is 22.3 Å². The first-order valence-electron chi connectivity index (χ1n) is 8.36. The number of rotatable bonds is 5. The van der Waals surface area contributed by atoms with Crippen LogP contribution in [0.4, 0.5) is 11.4 Å². The van der Waals surface area contributed by atoms with Gasteiger partial charge in [0, 0.05) is 30.0 Å². The van der Waals surface area contributed by atoms with E-state index in [0.717, 1.165) is 18.7 Å². The van der Waals surface area contributed by atoms with Crippen LogP contribution in [0.25, 0.3) is 0 Å². The lowest BCUT2D eigenvalue weighted by molar-refractivity contribution is -0.115. The summed E-state index contributed by atoms with van der Waals surface area (Å²) in [6, 6.07) is 15.2. The fraction of sp³-hybridized carbons (Fsp3) is 0.300. The maximum absolute atomic E-state index is 12.2. The van der Waals surface area contributed by atoms with E-state index in [1.807, 2.05) is 12.1 Å². The second-order valence-electron chi connectivity index (χ2n) is 6.22. The van der Waals surface area contributed by atoms with Crippen molar-refractivity contribution in [3.05, 3.63) is 59.7 Å². The molecule has 1 N–H and O–H groups in total. The van der Waals surface area contributed by atoms with Gasteiger partial charge in [-0.05, 0) is 49.6 Å². The van der Waals surface area contributed by atoms with E-state index in [1.165, 1.54) is 25.5 Å². The number of ketones is 1. The molecule has 0 spiro atoms. The van der Waals surface area contributed by atoms with Gasteiger partial charge in [0.05, 0.1) is 6.42 Å². The molecule has 0 atom stereocenters. The maximum atomic E-state index is 12.2. The number of carbonyl (C=O) groups excluding carboxylic acids is 2. The van der Waals surface area contributed by atoms with Crippen LogP contribution in [0.3, 0.4) is 0 Å². The van der Waals surface area contributed by atoms with E-state index < -0.39 is 0 Å². The maximum Gasteiger partial charge on any atom is 0.228 e. The monoisotopic (exact) mass is 322 g/mol. The summed E-state index contributed by atoms with van der Waals surface area (Å²) in [6.07, 6.45) is 2.83. The highest BCUT2D eigenvalue weighted by Crippen LogP contribution is 2.20. The molecular formula is C20H22N2O2. The van der Waals surface area contributed by atoms with Crippen LogP contribution in [-0.2, 0) is 11.2 Å². The minimum Gasteiger partial charge on any atom is -0.372 e. The van der Waals surface area contributed by atoms with E-state index in [9.17, 15) is 9.59 Å². The number of benzene rings is 2. The molecule has 1 fully saturated rings. The number of hydrogen-bond donors (Lipinski definition) is 1. The summed E-state index contributed by atoms with van der Waals surface area (Å²) in [5.41, 5.74) is 3.47. The van der Waals surface area contributed by atoms with Gasteiger partial charge >= 0.3 is 0 Å². The Hall–Kier alpha value is -2.62. The lowest BCUT2D eigenvalue weighted by atomic mass is 10.1. The summed E-state index contributed by atoms with van der Waals surface area (Å²) in [6.45, 7) is 3.75. The number of nitrogens with one attached hydrogen (secondary N) is 1. The topological polar surface area (TPSA) is 49.4 Å². The van der Waals surface area contributed by atoms with Gasteiger partial charge in [0.1, 0.15) is 0 Å². The Bertz CT molecular complexity index is 732. The van der Waals surface area contributed by atoms with Crippen LogP contribution in [-0.4, -0.2) is 24.8 Å². The molecule has 1 amide bonds. The zero-order valence-electron chi connectivity index (χ0n) is 13.9.